The van der Waals surface area contributed by atoms with Gasteiger partial charge in [-0.2, -0.15) is 0 Å². The van der Waals surface area contributed by atoms with E-state index in [1.807, 2.05) is 0 Å². The Morgan fingerprint density at radius 3 is 2.64 bits per heavy atom. The van der Waals surface area contributed by atoms with Crippen LogP contribution >= 0.6 is 0 Å². The number of hydrogen-bond donors (Lipinski definition) is 1. The van der Waals surface area contributed by atoms with Gasteiger partial charge in [-0.1, -0.05) is 0 Å². The Bertz CT molecular complexity index is 804. The molecule has 0 saturated heterocycles. The van der Waals surface area contributed by atoms with Crippen molar-refractivity contribution in [3.8, 4) is 5.75 Å². The molecular weight excluding hydrogens is 288 g/mol. The van der Waals surface area contributed by atoms with Gasteiger partial charge in [0.15, 0.2) is 6.10 Å². The number of fused-ring (bicyclic) bond motifs is 3. The summed E-state index contributed by atoms with van der Waals surface area (Å²) in [6.07, 6.45) is -2.06. The van der Waals surface area contributed by atoms with Crippen LogP contribution in [0.25, 0.3) is 11.0 Å². The van der Waals surface area contributed by atoms with E-state index in [-0.39, 0.29) is 5.58 Å². The fourth-order valence-electron chi connectivity index (χ4n) is 2.66. The van der Waals surface area contributed by atoms with Gasteiger partial charge >= 0.3 is 11.6 Å². The third kappa shape index (κ3) is 2.25. The van der Waals surface area contributed by atoms with Gasteiger partial charge in [0.25, 0.3) is 0 Å². The molecule has 3 rings (SSSR count). The quantitative estimate of drug-likeness (QED) is 0.640. The third-order valence-corrected chi connectivity index (χ3v) is 3.74. The molecule has 6 nitrogen and oxygen atoms in total. The predicted molar refractivity (Wildman–Crippen MR) is 77.7 cm³/mol. The average molecular weight is 304 g/mol. The molecule has 1 aromatic heterocycles. The van der Waals surface area contributed by atoms with Crippen molar-refractivity contribution in [3.63, 3.8) is 0 Å². The molecule has 2 atom stereocenters. The van der Waals surface area contributed by atoms with Gasteiger partial charge in [-0.05, 0) is 32.0 Å². The van der Waals surface area contributed by atoms with Gasteiger partial charge in [0, 0.05) is 18.4 Å². The van der Waals surface area contributed by atoms with E-state index in [1.54, 1.807) is 32.0 Å². The van der Waals surface area contributed by atoms with Crippen molar-refractivity contribution >= 4 is 16.9 Å². The molecule has 1 aliphatic heterocycles. The fraction of sp³-hybridized carbons (Fsp3) is 0.375. The molecule has 2 heterocycles. The maximum Gasteiger partial charge on any atom is 0.336 e. The van der Waals surface area contributed by atoms with Crippen molar-refractivity contribution in [2.75, 3.05) is 0 Å². The van der Waals surface area contributed by atoms with Gasteiger partial charge in [0.1, 0.15) is 23.0 Å². The van der Waals surface area contributed by atoms with Gasteiger partial charge in [-0.15, -0.1) is 0 Å². The van der Waals surface area contributed by atoms with E-state index in [2.05, 4.69) is 0 Å². The van der Waals surface area contributed by atoms with Crippen LogP contribution in [0.5, 0.6) is 5.75 Å². The molecule has 0 unspecified atom stereocenters. The molecule has 0 aliphatic carbocycles. The van der Waals surface area contributed by atoms with Crippen LogP contribution in [-0.2, 0) is 9.53 Å². The maximum absolute atomic E-state index is 11.5. The van der Waals surface area contributed by atoms with Gasteiger partial charge in [0.05, 0.1) is 5.56 Å². The molecule has 6 heteroatoms. The summed E-state index contributed by atoms with van der Waals surface area (Å²) in [6.45, 7) is 4.65. The number of hydrogen-bond acceptors (Lipinski definition) is 6. The summed E-state index contributed by atoms with van der Waals surface area (Å²) < 4.78 is 16.3. The highest BCUT2D eigenvalue weighted by Crippen LogP contribution is 2.44. The van der Waals surface area contributed by atoms with E-state index in [1.165, 1.54) is 13.0 Å². The Morgan fingerprint density at radius 2 is 1.95 bits per heavy atom. The lowest BCUT2D eigenvalue weighted by molar-refractivity contribution is -0.167. The molecule has 0 bridgehead atoms. The zero-order valence-electron chi connectivity index (χ0n) is 12.5. The highest BCUT2D eigenvalue weighted by Gasteiger charge is 2.46. The number of carbonyl (C=O) groups excluding carboxylic acids is 1. The fourth-order valence-corrected chi connectivity index (χ4v) is 2.66. The lowest BCUT2D eigenvalue weighted by Gasteiger charge is -2.41. The van der Waals surface area contributed by atoms with Crippen LogP contribution in [0.3, 0.4) is 0 Å². The highest BCUT2D eigenvalue weighted by atomic mass is 16.6. The molecule has 0 radical (unpaired) electrons. The molecule has 0 amide bonds. The highest BCUT2D eigenvalue weighted by molar-refractivity contribution is 5.83. The molecule has 0 fully saturated rings. The number of rotatable bonds is 1. The number of aliphatic hydroxyl groups excluding tert-OH is 1. The largest absolute Gasteiger partial charge is 0.484 e. The Morgan fingerprint density at radius 1 is 1.27 bits per heavy atom. The van der Waals surface area contributed by atoms with Crippen LogP contribution in [0.1, 0.15) is 32.4 Å². The summed E-state index contributed by atoms with van der Waals surface area (Å²) in [5.41, 5.74) is -0.847. The topological polar surface area (TPSA) is 86.0 Å². The van der Waals surface area contributed by atoms with Crippen molar-refractivity contribution < 1.29 is 23.8 Å². The second-order valence-electron chi connectivity index (χ2n) is 5.83. The Hall–Kier alpha value is -2.34. The molecule has 1 aliphatic rings. The molecule has 0 saturated carbocycles. The van der Waals surface area contributed by atoms with Gasteiger partial charge in [0.2, 0.25) is 0 Å². The summed E-state index contributed by atoms with van der Waals surface area (Å²) in [4.78, 5) is 22.9. The number of esters is 1. The number of benzene rings is 1. The SMILES string of the molecule is CC(=O)O[C@@H]1c2c(ccc3ccc(=O)oc23)OC(C)(C)[C@@H]1O. The van der Waals surface area contributed by atoms with Gasteiger partial charge < -0.3 is 19.0 Å². The van der Waals surface area contributed by atoms with Crippen LogP contribution in [0.15, 0.2) is 33.5 Å². The lowest BCUT2D eigenvalue weighted by Crippen LogP contribution is -2.49. The van der Waals surface area contributed by atoms with Crippen molar-refractivity contribution in [2.45, 2.75) is 38.6 Å². The minimum Gasteiger partial charge on any atom is -0.484 e. The standard InChI is InChI=1S/C16H16O6/c1-8(17)20-14-12-10(22-16(2,3)15(14)19)6-4-9-5-7-11(18)21-13(9)12/h4-7,14-15,19H,1-3H3/t14-,15-/m1/s1. The van der Waals surface area contributed by atoms with E-state index in [4.69, 9.17) is 13.9 Å². The van der Waals surface area contributed by atoms with Crippen molar-refractivity contribution in [1.82, 2.24) is 0 Å². The molecule has 1 N–H and O–H groups in total. The smallest absolute Gasteiger partial charge is 0.336 e. The minimum absolute atomic E-state index is 0.255. The Balaban J connectivity index is 2.30. The first-order valence-corrected chi connectivity index (χ1v) is 6.90. The Labute approximate surface area is 126 Å². The average Bonchev–Trinajstić information content (AvgIpc) is 2.42. The first-order valence-electron chi connectivity index (χ1n) is 6.90. The second-order valence-corrected chi connectivity index (χ2v) is 5.83. The zero-order chi connectivity index (χ0) is 16.1. The van der Waals surface area contributed by atoms with Crippen LogP contribution in [0.4, 0.5) is 0 Å². The van der Waals surface area contributed by atoms with Gasteiger partial charge in [-0.3, -0.25) is 4.79 Å². The summed E-state index contributed by atoms with van der Waals surface area (Å²) in [6, 6.07) is 6.37. The number of carbonyl (C=O) groups is 1. The van der Waals surface area contributed by atoms with E-state index >= 15 is 0 Å². The second kappa shape index (κ2) is 4.84. The summed E-state index contributed by atoms with van der Waals surface area (Å²) in [7, 11) is 0. The van der Waals surface area contributed by atoms with E-state index in [9.17, 15) is 14.7 Å². The normalized spacial score (nSPS) is 22.7. The minimum atomic E-state index is -1.10. The first-order chi connectivity index (χ1) is 10.3. The molecule has 116 valence electrons. The third-order valence-electron chi connectivity index (χ3n) is 3.74. The maximum atomic E-state index is 11.5. The van der Waals surface area contributed by atoms with E-state index < -0.39 is 29.4 Å². The molecule has 1 aromatic carbocycles. The van der Waals surface area contributed by atoms with Crippen LogP contribution in [0, 0.1) is 0 Å². The van der Waals surface area contributed by atoms with Crippen LogP contribution < -0.4 is 10.4 Å². The lowest BCUT2D eigenvalue weighted by atomic mass is 9.87. The number of ether oxygens (including phenoxy) is 2. The zero-order valence-corrected chi connectivity index (χ0v) is 12.5. The summed E-state index contributed by atoms with van der Waals surface area (Å²) in [5, 5.41) is 11.2. The first kappa shape index (κ1) is 14.6. The summed E-state index contributed by atoms with van der Waals surface area (Å²) in [5.74, 6) is -0.119. The molecule has 2 aromatic rings. The van der Waals surface area contributed by atoms with Crippen LogP contribution in [0.2, 0.25) is 0 Å². The summed E-state index contributed by atoms with van der Waals surface area (Å²) >= 11 is 0. The van der Waals surface area contributed by atoms with E-state index in [0.29, 0.717) is 16.7 Å². The molecule has 0 spiro atoms. The van der Waals surface area contributed by atoms with Crippen molar-refractivity contribution in [2.24, 2.45) is 0 Å². The van der Waals surface area contributed by atoms with E-state index in [0.717, 1.165) is 0 Å². The Kier molecular flexibility index (Phi) is 3.21. The molecular formula is C16H16O6. The molecule has 22 heavy (non-hydrogen) atoms. The van der Waals surface area contributed by atoms with Crippen molar-refractivity contribution in [3.05, 3.63) is 40.2 Å². The van der Waals surface area contributed by atoms with Gasteiger partial charge in [-0.25, -0.2) is 4.79 Å². The van der Waals surface area contributed by atoms with Crippen LogP contribution in [-0.4, -0.2) is 22.8 Å². The van der Waals surface area contributed by atoms with Crippen molar-refractivity contribution in [1.29, 1.82) is 0 Å². The monoisotopic (exact) mass is 304 g/mol. The number of aliphatic hydroxyl groups is 1. The predicted octanol–water partition coefficient (Wildman–Crippen LogP) is 1.93.